The molecular formula is C46H46N2. The van der Waals surface area contributed by atoms with Gasteiger partial charge in [0.15, 0.2) is 0 Å². The van der Waals surface area contributed by atoms with Crippen LogP contribution in [0.2, 0.25) is 0 Å². The number of nitrogens with two attached hydrogens (primary N) is 1. The zero-order chi connectivity index (χ0) is 33.6. The summed E-state index contributed by atoms with van der Waals surface area (Å²) >= 11 is 0. The molecule has 1 heterocycles. The second-order valence-corrected chi connectivity index (χ2v) is 15.3. The lowest BCUT2D eigenvalue weighted by Crippen LogP contribution is -2.37. The Morgan fingerprint density at radius 1 is 0.521 bits per heavy atom. The number of hydrogen-bond donors (Lipinski definition) is 1. The van der Waals surface area contributed by atoms with Crippen LogP contribution in [0.1, 0.15) is 58.1 Å². The van der Waals surface area contributed by atoms with E-state index in [0.29, 0.717) is 5.92 Å². The fraction of sp³-hybridized carbons (Fsp3) is 0.217. The van der Waals surface area contributed by atoms with Gasteiger partial charge in [-0.1, -0.05) is 129 Å². The molecule has 0 saturated heterocycles. The molecule has 6 aromatic carbocycles. The SMILES string of the molecule is Cc1ccc(-c2ccc(-c3ccc4c(c3)c3cc(-c5ccc(C(CC(C)(C)N)C(C)(C)C)cc5)ccc3n4-c3ccccc3)cc2)cc1. The Hall–Kier alpha value is -4.92. The van der Waals surface area contributed by atoms with Gasteiger partial charge < -0.3 is 10.3 Å². The molecule has 48 heavy (non-hydrogen) atoms. The minimum atomic E-state index is -0.226. The maximum atomic E-state index is 6.51. The molecule has 240 valence electrons. The van der Waals surface area contributed by atoms with Crippen LogP contribution in [0.15, 0.2) is 140 Å². The molecule has 0 spiro atoms. The standard InChI is InChI=1S/C46H46N2/c1-31-12-14-32(15-13-31)33-16-18-34(19-17-33)37-24-26-43-40(28-37)41-29-38(25-27-44(41)48(43)39-10-8-7-9-11-39)35-20-22-36(23-21-35)42(45(2,3)4)30-46(5,6)47/h7-29,42H,30,47H2,1-6H3. The number of aromatic nitrogens is 1. The summed E-state index contributed by atoms with van der Waals surface area (Å²) in [6.07, 6.45) is 0.942. The normalized spacial score (nSPS) is 12.9. The largest absolute Gasteiger partial charge is 0.326 e. The van der Waals surface area contributed by atoms with Crippen molar-refractivity contribution in [3.8, 4) is 39.1 Å². The molecule has 2 heteroatoms. The Bertz CT molecular complexity index is 2190. The molecule has 7 aromatic rings. The third-order valence-electron chi connectivity index (χ3n) is 9.80. The Morgan fingerprint density at radius 3 is 1.40 bits per heavy atom. The third kappa shape index (κ3) is 6.33. The Balaban J connectivity index is 1.31. The lowest BCUT2D eigenvalue weighted by molar-refractivity contribution is 0.263. The highest BCUT2D eigenvalue weighted by Crippen LogP contribution is 2.42. The van der Waals surface area contributed by atoms with Gasteiger partial charge in [0.05, 0.1) is 11.0 Å². The summed E-state index contributed by atoms with van der Waals surface area (Å²) in [4.78, 5) is 0. The van der Waals surface area contributed by atoms with Crippen LogP contribution in [0.4, 0.5) is 0 Å². The van der Waals surface area contributed by atoms with E-state index < -0.39 is 0 Å². The minimum absolute atomic E-state index is 0.120. The maximum absolute atomic E-state index is 6.51. The van der Waals surface area contributed by atoms with Gasteiger partial charge in [-0.25, -0.2) is 0 Å². The van der Waals surface area contributed by atoms with Crippen LogP contribution < -0.4 is 5.73 Å². The first-order valence-electron chi connectivity index (χ1n) is 17.1. The molecule has 1 aromatic heterocycles. The number of fused-ring (bicyclic) bond motifs is 3. The molecule has 0 amide bonds. The number of hydrogen-bond acceptors (Lipinski definition) is 1. The summed E-state index contributed by atoms with van der Waals surface area (Å²) in [5.74, 6) is 0.377. The van der Waals surface area contributed by atoms with E-state index in [1.807, 2.05) is 0 Å². The van der Waals surface area contributed by atoms with Crippen LogP contribution in [-0.2, 0) is 0 Å². The fourth-order valence-electron chi connectivity index (χ4n) is 7.20. The fourth-order valence-corrected chi connectivity index (χ4v) is 7.20. The Kier molecular flexibility index (Phi) is 8.09. The van der Waals surface area contributed by atoms with E-state index in [1.165, 1.54) is 72.0 Å². The van der Waals surface area contributed by atoms with Gasteiger partial charge in [-0.3, -0.25) is 0 Å². The number of para-hydroxylation sites is 1. The van der Waals surface area contributed by atoms with Crippen LogP contribution in [-0.4, -0.2) is 10.1 Å². The summed E-state index contributed by atoms with van der Waals surface area (Å²) in [6.45, 7) is 13.4. The van der Waals surface area contributed by atoms with E-state index in [2.05, 4.69) is 186 Å². The summed E-state index contributed by atoms with van der Waals surface area (Å²) in [5.41, 5.74) is 20.0. The summed E-state index contributed by atoms with van der Waals surface area (Å²) in [6, 6.07) is 51.4. The van der Waals surface area contributed by atoms with Gasteiger partial charge in [0.25, 0.3) is 0 Å². The second-order valence-electron chi connectivity index (χ2n) is 15.3. The van der Waals surface area contributed by atoms with E-state index in [4.69, 9.17) is 5.73 Å². The van der Waals surface area contributed by atoms with Crippen LogP contribution in [0.3, 0.4) is 0 Å². The van der Waals surface area contributed by atoms with E-state index in [1.54, 1.807) is 0 Å². The Labute approximate surface area is 285 Å². The zero-order valence-corrected chi connectivity index (χ0v) is 29.1. The summed E-state index contributed by atoms with van der Waals surface area (Å²) in [7, 11) is 0. The van der Waals surface area contributed by atoms with Crippen molar-refractivity contribution in [1.29, 1.82) is 0 Å². The molecule has 0 aliphatic heterocycles. The molecule has 0 saturated carbocycles. The van der Waals surface area contributed by atoms with Crippen molar-refractivity contribution in [2.75, 3.05) is 0 Å². The first-order valence-corrected chi connectivity index (χ1v) is 17.1. The van der Waals surface area contributed by atoms with Crippen molar-refractivity contribution in [3.05, 3.63) is 151 Å². The van der Waals surface area contributed by atoms with Gasteiger partial charge in [-0.15, -0.1) is 0 Å². The van der Waals surface area contributed by atoms with Gasteiger partial charge in [0, 0.05) is 22.0 Å². The van der Waals surface area contributed by atoms with E-state index in [9.17, 15) is 0 Å². The number of nitrogens with zero attached hydrogens (tertiary/aromatic N) is 1. The quantitative estimate of drug-likeness (QED) is 0.187. The van der Waals surface area contributed by atoms with E-state index in [0.717, 1.165) is 6.42 Å². The predicted molar refractivity (Wildman–Crippen MR) is 207 cm³/mol. The smallest absolute Gasteiger partial charge is 0.0541 e. The van der Waals surface area contributed by atoms with Crippen LogP contribution >= 0.6 is 0 Å². The second kappa shape index (κ2) is 12.3. The topological polar surface area (TPSA) is 30.9 Å². The molecular weight excluding hydrogens is 581 g/mol. The van der Waals surface area contributed by atoms with Crippen LogP contribution in [0, 0.1) is 12.3 Å². The molecule has 7 rings (SSSR count). The molecule has 0 aliphatic rings. The van der Waals surface area contributed by atoms with E-state index >= 15 is 0 Å². The lowest BCUT2D eigenvalue weighted by atomic mass is 9.71. The molecule has 0 aliphatic carbocycles. The van der Waals surface area contributed by atoms with Gasteiger partial charge in [-0.05, 0) is 114 Å². The number of aryl methyl sites for hydroxylation is 1. The zero-order valence-electron chi connectivity index (χ0n) is 29.1. The van der Waals surface area contributed by atoms with Crippen molar-refractivity contribution in [3.63, 3.8) is 0 Å². The number of rotatable bonds is 7. The van der Waals surface area contributed by atoms with Gasteiger partial charge in [0.1, 0.15) is 0 Å². The highest BCUT2D eigenvalue weighted by atomic mass is 15.0. The lowest BCUT2D eigenvalue weighted by Gasteiger charge is -2.36. The molecule has 0 radical (unpaired) electrons. The first-order chi connectivity index (χ1) is 22.9. The van der Waals surface area contributed by atoms with Crippen LogP contribution in [0.5, 0.6) is 0 Å². The average Bonchev–Trinajstić information content (AvgIpc) is 3.40. The molecule has 2 N–H and O–H groups in total. The highest BCUT2D eigenvalue weighted by molar-refractivity contribution is 6.11. The molecule has 0 bridgehead atoms. The van der Waals surface area contributed by atoms with Crippen molar-refractivity contribution in [2.24, 2.45) is 11.1 Å². The molecule has 1 atom stereocenters. The highest BCUT2D eigenvalue weighted by Gasteiger charge is 2.30. The first kappa shape index (κ1) is 31.7. The summed E-state index contributed by atoms with van der Waals surface area (Å²) < 4.78 is 2.39. The monoisotopic (exact) mass is 626 g/mol. The number of benzene rings is 6. The summed E-state index contributed by atoms with van der Waals surface area (Å²) in [5, 5.41) is 2.51. The predicted octanol–water partition coefficient (Wildman–Crippen LogP) is 12.4. The van der Waals surface area contributed by atoms with Crippen molar-refractivity contribution < 1.29 is 0 Å². The average molecular weight is 627 g/mol. The third-order valence-corrected chi connectivity index (χ3v) is 9.80. The maximum Gasteiger partial charge on any atom is 0.0541 e. The van der Waals surface area contributed by atoms with Crippen molar-refractivity contribution >= 4 is 21.8 Å². The molecule has 1 unspecified atom stereocenters. The Morgan fingerprint density at radius 2 is 0.938 bits per heavy atom. The van der Waals surface area contributed by atoms with Gasteiger partial charge >= 0.3 is 0 Å². The van der Waals surface area contributed by atoms with Crippen molar-refractivity contribution in [2.45, 2.75) is 59.4 Å². The van der Waals surface area contributed by atoms with Gasteiger partial charge in [-0.2, -0.15) is 0 Å². The molecule has 0 fully saturated rings. The minimum Gasteiger partial charge on any atom is -0.326 e. The van der Waals surface area contributed by atoms with Crippen molar-refractivity contribution in [1.82, 2.24) is 4.57 Å². The van der Waals surface area contributed by atoms with E-state index in [-0.39, 0.29) is 11.0 Å². The van der Waals surface area contributed by atoms with Gasteiger partial charge in [0.2, 0.25) is 0 Å². The molecule has 2 nitrogen and oxygen atoms in total. The van der Waals surface area contributed by atoms with Crippen LogP contribution in [0.25, 0.3) is 60.9 Å².